The van der Waals surface area contributed by atoms with Crippen LogP contribution in [0.25, 0.3) is 10.9 Å². The Bertz CT molecular complexity index is 1140. The number of cyclic esters (lactones) is 1. The normalized spacial score (nSPS) is 17.4. The highest BCUT2D eigenvalue weighted by Crippen LogP contribution is 2.47. The van der Waals surface area contributed by atoms with Gasteiger partial charge in [0.2, 0.25) is 0 Å². The van der Waals surface area contributed by atoms with Crippen LogP contribution in [0.15, 0.2) is 48.5 Å². The molecule has 0 bridgehead atoms. The molecule has 2 heterocycles. The van der Waals surface area contributed by atoms with Gasteiger partial charge in [-0.15, -0.1) is 0 Å². The monoisotopic (exact) mass is 433 g/mol. The van der Waals surface area contributed by atoms with Gasteiger partial charge in [-0.05, 0) is 31.5 Å². The predicted molar refractivity (Wildman–Crippen MR) is 124 cm³/mol. The van der Waals surface area contributed by atoms with Gasteiger partial charge in [0.05, 0.1) is 16.7 Å². The second kappa shape index (κ2) is 9.19. The van der Waals surface area contributed by atoms with Gasteiger partial charge in [0.25, 0.3) is 0 Å². The zero-order chi connectivity index (χ0) is 22.7. The van der Waals surface area contributed by atoms with Crippen molar-refractivity contribution in [1.82, 2.24) is 4.57 Å². The number of aromatic nitrogens is 1. The minimum atomic E-state index is -1.57. The smallest absolute Gasteiger partial charge is 0.342 e. The van der Waals surface area contributed by atoms with E-state index in [-0.39, 0.29) is 0 Å². The number of benzene rings is 2. The number of carbonyl (C=O) groups is 2. The summed E-state index contributed by atoms with van der Waals surface area (Å²) in [7, 11) is 0. The van der Waals surface area contributed by atoms with Crippen molar-refractivity contribution in [3.05, 3.63) is 70.9 Å². The van der Waals surface area contributed by atoms with Crippen LogP contribution >= 0.6 is 0 Å². The highest BCUT2D eigenvalue weighted by molar-refractivity contribution is 5.97. The van der Waals surface area contributed by atoms with Gasteiger partial charge in [0, 0.05) is 30.1 Å². The summed E-state index contributed by atoms with van der Waals surface area (Å²) in [5.41, 5.74) is 3.74. The van der Waals surface area contributed by atoms with Crippen LogP contribution in [0.5, 0.6) is 0 Å². The maximum Gasteiger partial charge on any atom is 0.342 e. The Morgan fingerprint density at radius 1 is 1.00 bits per heavy atom. The van der Waals surface area contributed by atoms with E-state index >= 15 is 0 Å². The number of hydrogen-bond acceptors (Lipinski definition) is 4. The zero-order valence-corrected chi connectivity index (χ0v) is 19.1. The first-order valence-electron chi connectivity index (χ1n) is 11.6. The number of hydrogen-bond donors (Lipinski definition) is 0. The fraction of sp³-hybridized carbons (Fsp3) is 0.407. The summed E-state index contributed by atoms with van der Waals surface area (Å²) in [5.74, 6) is -2.55. The number of aryl methyl sites for hydroxylation is 1. The molecule has 0 amide bonds. The Morgan fingerprint density at radius 2 is 1.69 bits per heavy atom. The molecule has 1 unspecified atom stereocenters. The van der Waals surface area contributed by atoms with E-state index in [1.54, 1.807) is 12.1 Å². The maximum atomic E-state index is 12.8. The van der Waals surface area contributed by atoms with Crippen molar-refractivity contribution in [3.8, 4) is 0 Å². The Kier molecular flexibility index (Phi) is 6.35. The molecule has 0 fully saturated rings. The van der Waals surface area contributed by atoms with E-state index in [4.69, 9.17) is 9.47 Å². The molecule has 0 N–H and O–H groups in total. The van der Waals surface area contributed by atoms with Crippen molar-refractivity contribution in [2.24, 2.45) is 0 Å². The van der Waals surface area contributed by atoms with Crippen molar-refractivity contribution in [1.29, 1.82) is 0 Å². The molecule has 168 valence electrons. The van der Waals surface area contributed by atoms with Crippen LogP contribution in [-0.4, -0.2) is 16.5 Å². The van der Waals surface area contributed by atoms with Crippen molar-refractivity contribution in [2.75, 3.05) is 0 Å². The van der Waals surface area contributed by atoms with Crippen molar-refractivity contribution >= 4 is 22.8 Å². The lowest BCUT2D eigenvalue weighted by Gasteiger charge is -2.29. The summed E-state index contributed by atoms with van der Waals surface area (Å²) < 4.78 is 14.0. The standard InChI is InChI=1S/C27H31NO4/c1-4-5-6-7-8-13-18-28-19(2)25(22-15-10-12-17-24(22)28)27(31-20(3)29)23-16-11-9-14-21(23)26(30)32-27/h9-12,14-17H,4-8,13,18H2,1-3H3. The van der Waals surface area contributed by atoms with Gasteiger partial charge in [-0.25, -0.2) is 4.79 Å². The molecular weight excluding hydrogens is 402 g/mol. The molecule has 1 atom stereocenters. The number of ether oxygens (including phenoxy) is 2. The third-order valence-electron chi connectivity index (χ3n) is 6.32. The molecule has 5 nitrogen and oxygen atoms in total. The lowest BCUT2D eigenvalue weighted by atomic mass is 9.93. The largest absolute Gasteiger partial charge is 0.414 e. The molecule has 0 saturated heterocycles. The van der Waals surface area contributed by atoms with Crippen molar-refractivity contribution < 1.29 is 19.1 Å². The van der Waals surface area contributed by atoms with E-state index in [1.165, 1.54) is 39.0 Å². The van der Waals surface area contributed by atoms with Gasteiger partial charge in [0.15, 0.2) is 0 Å². The topological polar surface area (TPSA) is 57.5 Å². The van der Waals surface area contributed by atoms with Gasteiger partial charge in [-0.1, -0.05) is 69.4 Å². The Hall–Kier alpha value is -3.08. The maximum absolute atomic E-state index is 12.8. The lowest BCUT2D eigenvalue weighted by Crippen LogP contribution is -2.34. The number of esters is 2. The Morgan fingerprint density at radius 3 is 2.47 bits per heavy atom. The third-order valence-corrected chi connectivity index (χ3v) is 6.32. The van der Waals surface area contributed by atoms with Crippen LogP contribution in [0.2, 0.25) is 0 Å². The van der Waals surface area contributed by atoms with E-state index in [0.717, 1.165) is 35.1 Å². The van der Waals surface area contributed by atoms with Crippen LogP contribution in [0, 0.1) is 6.92 Å². The molecular formula is C27H31NO4. The van der Waals surface area contributed by atoms with Gasteiger partial charge in [0.1, 0.15) is 0 Å². The average molecular weight is 434 g/mol. The van der Waals surface area contributed by atoms with Crippen LogP contribution < -0.4 is 0 Å². The molecule has 0 spiro atoms. The quantitative estimate of drug-likeness (QED) is 0.296. The summed E-state index contributed by atoms with van der Waals surface area (Å²) in [6, 6.07) is 15.2. The molecule has 5 heteroatoms. The van der Waals surface area contributed by atoms with Crippen molar-refractivity contribution in [2.45, 2.75) is 71.6 Å². The minimum absolute atomic E-state index is 0.431. The number of nitrogens with zero attached hydrogens (tertiary/aromatic N) is 1. The van der Waals surface area contributed by atoms with Gasteiger partial charge in [-0.2, -0.15) is 0 Å². The number of rotatable bonds is 9. The first-order valence-corrected chi connectivity index (χ1v) is 11.6. The molecule has 1 aromatic heterocycles. The van der Waals surface area contributed by atoms with Crippen LogP contribution in [-0.2, 0) is 26.6 Å². The molecule has 2 aromatic carbocycles. The summed E-state index contributed by atoms with van der Waals surface area (Å²) in [6.07, 6.45) is 7.28. The number of para-hydroxylation sites is 1. The third kappa shape index (κ3) is 3.81. The van der Waals surface area contributed by atoms with Gasteiger partial charge >= 0.3 is 17.7 Å². The first-order chi connectivity index (χ1) is 15.5. The summed E-state index contributed by atoms with van der Waals surface area (Å²) in [4.78, 5) is 25.0. The minimum Gasteiger partial charge on any atom is -0.414 e. The highest BCUT2D eigenvalue weighted by Gasteiger charge is 2.52. The van der Waals surface area contributed by atoms with Crippen molar-refractivity contribution in [3.63, 3.8) is 0 Å². The molecule has 1 aliphatic heterocycles. The summed E-state index contributed by atoms with van der Waals surface area (Å²) >= 11 is 0. The van der Waals surface area contributed by atoms with Crippen LogP contribution in [0.1, 0.15) is 79.6 Å². The van der Waals surface area contributed by atoms with Gasteiger partial charge < -0.3 is 14.0 Å². The highest BCUT2D eigenvalue weighted by atomic mass is 16.7. The molecule has 0 saturated carbocycles. The fourth-order valence-electron chi connectivity index (χ4n) is 4.89. The number of carbonyl (C=O) groups excluding carboxylic acids is 2. The number of fused-ring (bicyclic) bond motifs is 2. The average Bonchev–Trinajstić information content (AvgIpc) is 3.22. The van der Waals surface area contributed by atoms with Crippen LogP contribution in [0.3, 0.4) is 0 Å². The summed E-state index contributed by atoms with van der Waals surface area (Å²) in [6.45, 7) is 6.46. The van der Waals surface area contributed by atoms with E-state index in [1.807, 2.05) is 37.3 Å². The molecule has 4 rings (SSSR count). The van der Waals surface area contributed by atoms with E-state index in [9.17, 15) is 9.59 Å². The molecule has 0 aliphatic carbocycles. The second-order valence-electron chi connectivity index (χ2n) is 8.54. The molecule has 32 heavy (non-hydrogen) atoms. The lowest BCUT2D eigenvalue weighted by molar-refractivity contribution is -0.190. The van der Waals surface area contributed by atoms with Crippen LogP contribution in [0.4, 0.5) is 0 Å². The Labute approximate surface area is 189 Å². The molecule has 3 aromatic rings. The zero-order valence-electron chi connectivity index (χ0n) is 19.1. The summed E-state index contributed by atoms with van der Waals surface area (Å²) in [5, 5.41) is 0.932. The second-order valence-corrected chi connectivity index (χ2v) is 8.54. The molecule has 0 radical (unpaired) electrons. The van der Waals surface area contributed by atoms with E-state index in [2.05, 4.69) is 17.6 Å². The first kappa shape index (κ1) is 22.1. The van der Waals surface area contributed by atoms with Gasteiger partial charge in [-0.3, -0.25) is 4.79 Å². The molecule has 1 aliphatic rings. The fourth-order valence-corrected chi connectivity index (χ4v) is 4.89. The predicted octanol–water partition coefficient (Wildman–Crippen LogP) is 6.24. The number of unbranched alkanes of at least 4 members (excludes halogenated alkanes) is 5. The van der Waals surface area contributed by atoms with E-state index in [0.29, 0.717) is 11.1 Å². The Balaban J connectivity index is 1.80. The SMILES string of the molecule is CCCCCCCCn1c(C)c(C2(OC(C)=O)OC(=O)c3ccccc32)c2ccccc21. The van der Waals surface area contributed by atoms with E-state index < -0.39 is 17.7 Å².